The van der Waals surface area contributed by atoms with Gasteiger partial charge in [0.15, 0.2) is 0 Å². The molecule has 0 aromatic carbocycles. The van der Waals surface area contributed by atoms with Gasteiger partial charge in [0.2, 0.25) is 0 Å². The largest absolute Gasteiger partial charge is 0.377 e. The summed E-state index contributed by atoms with van der Waals surface area (Å²) < 4.78 is 5.29. The molecule has 1 heteroatoms. The number of ether oxygens (including phenoxy) is 1. The van der Waals surface area contributed by atoms with Gasteiger partial charge in [0.05, 0.1) is 6.61 Å². The molecular weight excluding hydrogens is 160 g/mol. The van der Waals surface area contributed by atoms with Crippen LogP contribution in [-0.2, 0) is 4.74 Å². The first kappa shape index (κ1) is 12.4. The fourth-order valence-electron chi connectivity index (χ4n) is 1.03. The van der Waals surface area contributed by atoms with Crippen molar-refractivity contribution in [3.05, 3.63) is 24.3 Å². The fraction of sp³-hybridized carbons (Fsp3) is 0.667. The van der Waals surface area contributed by atoms with Crippen molar-refractivity contribution in [2.45, 2.75) is 33.6 Å². The predicted molar refractivity (Wildman–Crippen MR) is 58.8 cm³/mol. The van der Waals surface area contributed by atoms with Crippen LogP contribution in [0, 0.1) is 5.92 Å². The van der Waals surface area contributed by atoms with E-state index in [1.54, 1.807) is 0 Å². The predicted octanol–water partition coefficient (Wildman–Crippen LogP) is 3.57. The highest BCUT2D eigenvalue weighted by molar-refractivity contribution is 4.98. The van der Waals surface area contributed by atoms with E-state index in [0.29, 0.717) is 5.92 Å². The van der Waals surface area contributed by atoms with Gasteiger partial charge in [0, 0.05) is 6.61 Å². The summed E-state index contributed by atoms with van der Waals surface area (Å²) >= 11 is 0. The minimum Gasteiger partial charge on any atom is -0.377 e. The van der Waals surface area contributed by atoms with Crippen LogP contribution in [0.1, 0.15) is 33.6 Å². The van der Waals surface area contributed by atoms with Crippen LogP contribution >= 0.6 is 0 Å². The lowest BCUT2D eigenvalue weighted by Crippen LogP contribution is -1.95. The molecule has 0 bridgehead atoms. The monoisotopic (exact) mass is 182 g/mol. The fourth-order valence-corrected chi connectivity index (χ4v) is 1.03. The molecule has 0 aliphatic rings. The van der Waals surface area contributed by atoms with Crippen LogP contribution in [0.2, 0.25) is 0 Å². The molecule has 0 spiro atoms. The molecule has 76 valence electrons. The molecule has 1 atom stereocenters. The van der Waals surface area contributed by atoms with Crippen LogP contribution in [0.15, 0.2) is 24.3 Å². The highest BCUT2D eigenvalue weighted by Gasteiger charge is 1.94. The standard InChI is InChI=1S/C12H22O/c1-5-11(3)8-7-9-12(4)10-13-6-2/h5,9,11H,1,6-8,10H2,2-4H3/b12-9+. The third kappa shape index (κ3) is 7.79. The summed E-state index contributed by atoms with van der Waals surface area (Å²) in [4.78, 5) is 0. The maximum Gasteiger partial charge on any atom is 0.0673 e. The van der Waals surface area contributed by atoms with Crippen LogP contribution in [-0.4, -0.2) is 13.2 Å². The zero-order valence-electron chi connectivity index (χ0n) is 9.18. The maximum atomic E-state index is 5.29. The summed E-state index contributed by atoms with van der Waals surface area (Å²) in [7, 11) is 0. The van der Waals surface area contributed by atoms with E-state index in [9.17, 15) is 0 Å². The Balaban J connectivity index is 3.52. The molecule has 0 rings (SSSR count). The zero-order chi connectivity index (χ0) is 10.1. The van der Waals surface area contributed by atoms with Crippen LogP contribution < -0.4 is 0 Å². The molecule has 0 saturated heterocycles. The number of rotatable bonds is 7. The lowest BCUT2D eigenvalue weighted by atomic mass is 10.1. The Hall–Kier alpha value is -0.560. The Labute approximate surface area is 82.5 Å². The molecule has 0 aliphatic carbocycles. The van der Waals surface area contributed by atoms with E-state index in [1.165, 1.54) is 12.0 Å². The minimum absolute atomic E-state index is 0.621. The van der Waals surface area contributed by atoms with Crippen molar-refractivity contribution in [2.75, 3.05) is 13.2 Å². The van der Waals surface area contributed by atoms with E-state index in [0.717, 1.165) is 19.6 Å². The van der Waals surface area contributed by atoms with E-state index in [1.807, 2.05) is 13.0 Å². The smallest absolute Gasteiger partial charge is 0.0673 e. The SMILES string of the molecule is C=CC(C)CC/C=C(\C)COCC. The van der Waals surface area contributed by atoms with Gasteiger partial charge in [-0.05, 0) is 32.6 Å². The van der Waals surface area contributed by atoms with Crippen molar-refractivity contribution >= 4 is 0 Å². The molecule has 13 heavy (non-hydrogen) atoms. The summed E-state index contributed by atoms with van der Waals surface area (Å²) in [6, 6.07) is 0. The van der Waals surface area contributed by atoms with Crippen molar-refractivity contribution in [1.82, 2.24) is 0 Å². The average molecular weight is 182 g/mol. The van der Waals surface area contributed by atoms with Gasteiger partial charge in [-0.2, -0.15) is 0 Å². The first-order chi connectivity index (χ1) is 6.20. The zero-order valence-corrected chi connectivity index (χ0v) is 9.18. The Kier molecular flexibility index (Phi) is 7.71. The van der Waals surface area contributed by atoms with Gasteiger partial charge >= 0.3 is 0 Å². The molecular formula is C12H22O. The Morgan fingerprint density at radius 2 is 2.23 bits per heavy atom. The summed E-state index contributed by atoms with van der Waals surface area (Å²) in [6.07, 6.45) is 6.58. The van der Waals surface area contributed by atoms with Crippen LogP contribution in [0.4, 0.5) is 0 Å². The number of hydrogen-bond acceptors (Lipinski definition) is 1. The van der Waals surface area contributed by atoms with Crippen LogP contribution in [0.3, 0.4) is 0 Å². The first-order valence-electron chi connectivity index (χ1n) is 5.06. The molecule has 0 fully saturated rings. The second-order valence-corrected chi connectivity index (χ2v) is 3.48. The Bertz CT molecular complexity index is 159. The van der Waals surface area contributed by atoms with Crippen molar-refractivity contribution in [3.8, 4) is 0 Å². The highest BCUT2D eigenvalue weighted by atomic mass is 16.5. The molecule has 0 radical (unpaired) electrons. The van der Waals surface area contributed by atoms with E-state index in [2.05, 4.69) is 26.5 Å². The normalized spacial score (nSPS) is 14.2. The average Bonchev–Trinajstić information content (AvgIpc) is 2.14. The number of hydrogen-bond donors (Lipinski definition) is 0. The molecule has 1 unspecified atom stereocenters. The van der Waals surface area contributed by atoms with Gasteiger partial charge in [-0.15, -0.1) is 6.58 Å². The molecule has 0 saturated carbocycles. The third-order valence-electron chi connectivity index (χ3n) is 2.05. The second kappa shape index (κ2) is 8.06. The van der Waals surface area contributed by atoms with Crippen molar-refractivity contribution < 1.29 is 4.74 Å². The number of allylic oxidation sites excluding steroid dienone is 2. The van der Waals surface area contributed by atoms with Gasteiger partial charge < -0.3 is 4.74 Å². The molecule has 0 aromatic rings. The van der Waals surface area contributed by atoms with Gasteiger partial charge in [-0.1, -0.05) is 24.6 Å². The van der Waals surface area contributed by atoms with E-state index < -0.39 is 0 Å². The molecule has 0 aliphatic heterocycles. The Morgan fingerprint density at radius 3 is 2.77 bits per heavy atom. The molecule has 0 N–H and O–H groups in total. The Morgan fingerprint density at radius 1 is 1.54 bits per heavy atom. The van der Waals surface area contributed by atoms with E-state index in [-0.39, 0.29) is 0 Å². The van der Waals surface area contributed by atoms with Crippen LogP contribution in [0.25, 0.3) is 0 Å². The van der Waals surface area contributed by atoms with Gasteiger partial charge in [-0.3, -0.25) is 0 Å². The molecule has 0 aromatic heterocycles. The van der Waals surface area contributed by atoms with E-state index in [4.69, 9.17) is 4.74 Å². The van der Waals surface area contributed by atoms with Crippen molar-refractivity contribution in [3.63, 3.8) is 0 Å². The van der Waals surface area contributed by atoms with Crippen LogP contribution in [0.5, 0.6) is 0 Å². The lowest BCUT2D eigenvalue weighted by Gasteiger charge is -2.04. The quantitative estimate of drug-likeness (QED) is 0.547. The van der Waals surface area contributed by atoms with Gasteiger partial charge in [0.25, 0.3) is 0 Å². The van der Waals surface area contributed by atoms with E-state index >= 15 is 0 Å². The third-order valence-corrected chi connectivity index (χ3v) is 2.05. The summed E-state index contributed by atoms with van der Waals surface area (Å²) in [5, 5.41) is 0. The topological polar surface area (TPSA) is 9.23 Å². The molecule has 1 nitrogen and oxygen atoms in total. The maximum absolute atomic E-state index is 5.29. The first-order valence-corrected chi connectivity index (χ1v) is 5.06. The van der Waals surface area contributed by atoms with Crippen molar-refractivity contribution in [2.24, 2.45) is 5.92 Å². The second-order valence-electron chi connectivity index (χ2n) is 3.48. The van der Waals surface area contributed by atoms with Gasteiger partial charge in [0.1, 0.15) is 0 Å². The van der Waals surface area contributed by atoms with Gasteiger partial charge in [-0.25, -0.2) is 0 Å². The molecule has 0 amide bonds. The summed E-state index contributed by atoms with van der Waals surface area (Å²) in [5.74, 6) is 0.621. The minimum atomic E-state index is 0.621. The van der Waals surface area contributed by atoms with Crippen molar-refractivity contribution in [1.29, 1.82) is 0 Å². The highest BCUT2D eigenvalue weighted by Crippen LogP contribution is 2.08. The molecule has 0 heterocycles. The summed E-state index contributed by atoms with van der Waals surface area (Å²) in [5.41, 5.74) is 1.33. The summed E-state index contributed by atoms with van der Waals surface area (Å²) in [6.45, 7) is 11.7. The lowest BCUT2D eigenvalue weighted by molar-refractivity contribution is 0.170.